The molecule has 2 amide bonds. The summed E-state index contributed by atoms with van der Waals surface area (Å²) < 4.78 is 1.81. The smallest absolute Gasteiger partial charge is 0.243 e. The van der Waals surface area contributed by atoms with Gasteiger partial charge in [-0.25, -0.2) is 0 Å². The van der Waals surface area contributed by atoms with Crippen molar-refractivity contribution in [3.05, 3.63) is 18.5 Å². The first kappa shape index (κ1) is 17.0. The fourth-order valence-corrected chi connectivity index (χ4v) is 3.96. The second-order valence-corrected chi connectivity index (χ2v) is 7.16. The fraction of sp³-hybridized carbons (Fsp3) is 0.722. The van der Waals surface area contributed by atoms with E-state index < -0.39 is 0 Å². The molecule has 0 radical (unpaired) electrons. The molecule has 3 rings (SSSR count). The molecule has 2 heterocycles. The maximum absolute atomic E-state index is 12.8. The summed E-state index contributed by atoms with van der Waals surface area (Å²) in [4.78, 5) is 27.3. The number of likely N-dealkylation sites (tertiary alicyclic amines) is 1. The van der Waals surface area contributed by atoms with Gasteiger partial charge < -0.3 is 10.2 Å². The molecular formula is C18H28N4O2. The van der Waals surface area contributed by atoms with Crippen molar-refractivity contribution in [2.45, 2.75) is 70.5 Å². The predicted molar refractivity (Wildman–Crippen MR) is 91.1 cm³/mol. The van der Waals surface area contributed by atoms with Crippen molar-refractivity contribution in [1.82, 2.24) is 20.0 Å². The van der Waals surface area contributed by atoms with E-state index >= 15 is 0 Å². The van der Waals surface area contributed by atoms with Crippen LogP contribution in [0, 0.1) is 5.92 Å². The van der Waals surface area contributed by atoms with Gasteiger partial charge in [0.1, 0.15) is 6.04 Å². The summed E-state index contributed by atoms with van der Waals surface area (Å²) in [6.07, 6.45) is 10.8. The summed E-state index contributed by atoms with van der Waals surface area (Å²) in [6, 6.07) is 1.57. The normalized spacial score (nSPS) is 23.2. The maximum Gasteiger partial charge on any atom is 0.243 e. The Morgan fingerprint density at radius 2 is 2.00 bits per heavy atom. The number of carbonyl (C=O) groups is 2. The molecule has 0 spiro atoms. The standard InChI is InChI=1S/C18H28N4O2/c1-14(13-21-11-6-10-19-21)20-17(23)16-9-5-12-22(16)18(24)15-7-3-2-4-8-15/h6,10-11,14-16H,2-5,7-9,12-13H2,1H3,(H,20,23)/t14-,16-/m1/s1. The summed E-state index contributed by atoms with van der Waals surface area (Å²) in [5.41, 5.74) is 0. The first-order chi connectivity index (χ1) is 11.6. The van der Waals surface area contributed by atoms with Crippen LogP contribution in [0.3, 0.4) is 0 Å². The van der Waals surface area contributed by atoms with Crippen LogP contribution in [-0.4, -0.2) is 45.1 Å². The van der Waals surface area contributed by atoms with Crippen LogP contribution in [0.1, 0.15) is 51.9 Å². The molecule has 1 aromatic rings. The molecule has 6 heteroatoms. The van der Waals surface area contributed by atoms with Crippen LogP contribution in [-0.2, 0) is 16.1 Å². The lowest BCUT2D eigenvalue weighted by atomic mass is 9.88. The average molecular weight is 332 g/mol. The Hall–Kier alpha value is -1.85. The van der Waals surface area contributed by atoms with Gasteiger partial charge in [0.25, 0.3) is 0 Å². The molecule has 2 aliphatic rings. The first-order valence-electron chi connectivity index (χ1n) is 9.23. The van der Waals surface area contributed by atoms with Crippen LogP contribution in [0.2, 0.25) is 0 Å². The Morgan fingerprint density at radius 1 is 1.21 bits per heavy atom. The van der Waals surface area contributed by atoms with Crippen LogP contribution in [0.4, 0.5) is 0 Å². The lowest BCUT2D eigenvalue weighted by Gasteiger charge is -2.30. The van der Waals surface area contributed by atoms with Crippen molar-refractivity contribution in [3.8, 4) is 0 Å². The molecule has 6 nitrogen and oxygen atoms in total. The van der Waals surface area contributed by atoms with E-state index in [4.69, 9.17) is 0 Å². The lowest BCUT2D eigenvalue weighted by molar-refractivity contribution is -0.142. The van der Waals surface area contributed by atoms with E-state index in [1.54, 1.807) is 6.20 Å². The number of nitrogens with one attached hydrogen (secondary N) is 1. The maximum atomic E-state index is 12.8. The molecule has 1 N–H and O–H groups in total. The van der Waals surface area contributed by atoms with Crippen molar-refractivity contribution >= 4 is 11.8 Å². The highest BCUT2D eigenvalue weighted by molar-refractivity contribution is 5.89. The second-order valence-electron chi connectivity index (χ2n) is 7.16. The van der Waals surface area contributed by atoms with Gasteiger partial charge in [-0.3, -0.25) is 14.3 Å². The zero-order valence-electron chi connectivity index (χ0n) is 14.5. The molecule has 0 bridgehead atoms. The summed E-state index contributed by atoms with van der Waals surface area (Å²) >= 11 is 0. The van der Waals surface area contributed by atoms with E-state index in [1.807, 2.05) is 28.8 Å². The SMILES string of the molecule is C[C@H](Cn1cccn1)NC(=O)[C@H]1CCCN1C(=O)C1CCCCC1. The highest BCUT2D eigenvalue weighted by Crippen LogP contribution is 2.28. The minimum atomic E-state index is -0.292. The molecule has 1 aromatic heterocycles. The number of nitrogens with zero attached hydrogens (tertiary/aromatic N) is 3. The highest BCUT2D eigenvalue weighted by Gasteiger charge is 2.37. The Labute approximate surface area is 143 Å². The van der Waals surface area contributed by atoms with Gasteiger partial charge >= 0.3 is 0 Å². The van der Waals surface area contributed by atoms with Gasteiger partial charge in [-0.1, -0.05) is 19.3 Å². The third-order valence-corrected chi connectivity index (χ3v) is 5.20. The predicted octanol–water partition coefficient (Wildman–Crippen LogP) is 1.96. The fourth-order valence-electron chi connectivity index (χ4n) is 3.96. The molecular weight excluding hydrogens is 304 g/mol. The second kappa shape index (κ2) is 7.81. The third kappa shape index (κ3) is 3.97. The number of aromatic nitrogens is 2. The molecule has 24 heavy (non-hydrogen) atoms. The van der Waals surface area contributed by atoms with Crippen LogP contribution in [0.25, 0.3) is 0 Å². The zero-order valence-corrected chi connectivity index (χ0v) is 14.5. The largest absolute Gasteiger partial charge is 0.350 e. The molecule has 2 atom stereocenters. The van der Waals surface area contributed by atoms with E-state index in [-0.39, 0.29) is 29.8 Å². The van der Waals surface area contributed by atoms with Gasteiger partial charge in [0.2, 0.25) is 11.8 Å². The first-order valence-corrected chi connectivity index (χ1v) is 9.23. The zero-order chi connectivity index (χ0) is 16.9. The van der Waals surface area contributed by atoms with Gasteiger partial charge in [0.05, 0.1) is 6.54 Å². The number of amides is 2. The van der Waals surface area contributed by atoms with E-state index in [2.05, 4.69) is 10.4 Å². The summed E-state index contributed by atoms with van der Waals surface area (Å²) in [7, 11) is 0. The molecule has 132 valence electrons. The third-order valence-electron chi connectivity index (χ3n) is 5.20. The average Bonchev–Trinajstić information content (AvgIpc) is 3.26. The lowest BCUT2D eigenvalue weighted by Crippen LogP contribution is -2.50. The van der Waals surface area contributed by atoms with Gasteiger partial charge in [-0.2, -0.15) is 5.10 Å². The Morgan fingerprint density at radius 3 is 2.71 bits per heavy atom. The van der Waals surface area contributed by atoms with Crippen LogP contribution >= 0.6 is 0 Å². The molecule has 1 aliphatic carbocycles. The molecule has 1 saturated heterocycles. The molecule has 0 unspecified atom stereocenters. The van der Waals surface area contributed by atoms with Crippen LogP contribution in [0.5, 0.6) is 0 Å². The van der Waals surface area contributed by atoms with Crippen LogP contribution < -0.4 is 5.32 Å². The monoisotopic (exact) mass is 332 g/mol. The van der Waals surface area contributed by atoms with E-state index in [9.17, 15) is 9.59 Å². The molecule has 1 saturated carbocycles. The topological polar surface area (TPSA) is 67.2 Å². The quantitative estimate of drug-likeness (QED) is 0.896. The highest BCUT2D eigenvalue weighted by atomic mass is 16.2. The number of hydrogen-bond donors (Lipinski definition) is 1. The van der Waals surface area contributed by atoms with Crippen molar-refractivity contribution < 1.29 is 9.59 Å². The van der Waals surface area contributed by atoms with Crippen molar-refractivity contribution in [2.75, 3.05) is 6.54 Å². The minimum Gasteiger partial charge on any atom is -0.350 e. The number of carbonyl (C=O) groups excluding carboxylic acids is 2. The summed E-state index contributed by atoms with van der Waals surface area (Å²) in [6.45, 7) is 3.34. The summed E-state index contributed by atoms with van der Waals surface area (Å²) in [5, 5.41) is 7.22. The van der Waals surface area contributed by atoms with Gasteiger partial charge in [-0.05, 0) is 38.7 Å². The van der Waals surface area contributed by atoms with Crippen molar-refractivity contribution in [2.24, 2.45) is 5.92 Å². The van der Waals surface area contributed by atoms with Gasteiger partial charge in [0, 0.05) is 30.9 Å². The molecule has 1 aliphatic heterocycles. The Kier molecular flexibility index (Phi) is 5.53. The van der Waals surface area contributed by atoms with E-state index in [1.165, 1.54) is 6.42 Å². The molecule has 0 aromatic carbocycles. The van der Waals surface area contributed by atoms with Crippen molar-refractivity contribution in [3.63, 3.8) is 0 Å². The van der Waals surface area contributed by atoms with E-state index in [0.29, 0.717) is 6.54 Å². The van der Waals surface area contributed by atoms with Crippen LogP contribution in [0.15, 0.2) is 18.5 Å². The van der Waals surface area contributed by atoms with Gasteiger partial charge in [-0.15, -0.1) is 0 Å². The minimum absolute atomic E-state index is 0.00960. The Balaban J connectivity index is 1.55. The van der Waals surface area contributed by atoms with E-state index in [0.717, 1.165) is 45.1 Å². The molecule has 2 fully saturated rings. The van der Waals surface area contributed by atoms with Gasteiger partial charge in [0.15, 0.2) is 0 Å². The summed E-state index contributed by atoms with van der Waals surface area (Å²) in [5.74, 6) is 0.317. The van der Waals surface area contributed by atoms with Crippen molar-refractivity contribution in [1.29, 1.82) is 0 Å². The Bertz CT molecular complexity index is 551. The number of rotatable bonds is 5. The number of hydrogen-bond acceptors (Lipinski definition) is 3.